The number of rotatable bonds is 6. The first-order chi connectivity index (χ1) is 10.1. The summed E-state index contributed by atoms with van der Waals surface area (Å²) in [4.78, 5) is 11.4. The second-order valence-corrected chi connectivity index (χ2v) is 4.93. The third-order valence-corrected chi connectivity index (χ3v) is 3.24. The van der Waals surface area contributed by atoms with E-state index in [4.69, 9.17) is 5.11 Å². The highest BCUT2D eigenvalue weighted by Crippen LogP contribution is 2.22. The number of nitrogens with one attached hydrogen (secondary N) is 1. The normalized spacial score (nSPS) is 12.0. The minimum absolute atomic E-state index is 0.0492. The molecule has 0 spiro atoms. The first-order valence-corrected chi connectivity index (χ1v) is 6.84. The third-order valence-electron chi connectivity index (χ3n) is 3.24. The Morgan fingerprint density at radius 3 is 2.48 bits per heavy atom. The Balaban J connectivity index is 2.11. The molecule has 4 heteroatoms. The van der Waals surface area contributed by atoms with Gasteiger partial charge in [0.1, 0.15) is 0 Å². The van der Waals surface area contributed by atoms with Gasteiger partial charge in [-0.05, 0) is 36.2 Å². The molecule has 0 amide bonds. The molecular formula is C17H19NO3. The number of hydrogen-bond acceptors (Lipinski definition) is 4. The highest BCUT2D eigenvalue weighted by molar-refractivity contribution is 5.95. The second kappa shape index (κ2) is 7.02. The monoisotopic (exact) mass is 285 g/mol. The fraction of sp³-hybridized carbons (Fsp3) is 0.235. The summed E-state index contributed by atoms with van der Waals surface area (Å²) in [5.74, 6) is 0.0492. The molecule has 110 valence electrons. The molecule has 0 aliphatic carbocycles. The zero-order chi connectivity index (χ0) is 15.2. The zero-order valence-corrected chi connectivity index (χ0v) is 11.9. The van der Waals surface area contributed by atoms with Gasteiger partial charge in [-0.25, -0.2) is 0 Å². The average molecular weight is 285 g/mol. The van der Waals surface area contributed by atoms with Crippen LogP contribution in [0.5, 0.6) is 0 Å². The number of aliphatic hydroxyl groups is 2. The predicted octanol–water partition coefficient (Wildman–Crippen LogP) is 2.32. The number of carbonyl (C=O) groups is 1. The maximum atomic E-state index is 11.4. The Morgan fingerprint density at radius 1 is 1.14 bits per heavy atom. The second-order valence-electron chi connectivity index (χ2n) is 4.93. The third kappa shape index (κ3) is 4.15. The molecule has 0 aliphatic heterocycles. The number of carbonyl (C=O) groups excluding carboxylic acids is 1. The molecular weight excluding hydrogens is 266 g/mol. The van der Waals surface area contributed by atoms with Gasteiger partial charge in [0, 0.05) is 17.8 Å². The summed E-state index contributed by atoms with van der Waals surface area (Å²) in [6.45, 7) is 1.59. The number of anilines is 1. The van der Waals surface area contributed by atoms with Crippen molar-refractivity contribution in [1.29, 1.82) is 0 Å². The minimum Gasteiger partial charge on any atom is -0.394 e. The SMILES string of the molecule is CC(=O)c1cccc(-c2ccc(NCC(O)CO)cc2)c1. The van der Waals surface area contributed by atoms with Crippen molar-refractivity contribution in [3.63, 3.8) is 0 Å². The summed E-state index contributed by atoms with van der Waals surface area (Å²) in [6, 6.07) is 15.2. The van der Waals surface area contributed by atoms with E-state index in [1.165, 1.54) is 0 Å². The lowest BCUT2D eigenvalue weighted by atomic mass is 10.0. The molecule has 0 saturated heterocycles. The fourth-order valence-electron chi connectivity index (χ4n) is 2.00. The summed E-state index contributed by atoms with van der Waals surface area (Å²) in [5, 5.41) is 21.1. The van der Waals surface area contributed by atoms with Crippen LogP contribution < -0.4 is 5.32 Å². The lowest BCUT2D eigenvalue weighted by molar-refractivity contribution is 0.101. The van der Waals surface area contributed by atoms with Gasteiger partial charge in [0.2, 0.25) is 0 Å². The van der Waals surface area contributed by atoms with Crippen molar-refractivity contribution < 1.29 is 15.0 Å². The zero-order valence-electron chi connectivity index (χ0n) is 11.9. The largest absolute Gasteiger partial charge is 0.394 e. The van der Waals surface area contributed by atoms with E-state index in [9.17, 15) is 9.90 Å². The van der Waals surface area contributed by atoms with Crippen LogP contribution in [0.3, 0.4) is 0 Å². The first kappa shape index (κ1) is 15.2. The summed E-state index contributed by atoms with van der Waals surface area (Å²) in [5.41, 5.74) is 3.57. The van der Waals surface area contributed by atoms with Crippen molar-refractivity contribution in [2.24, 2.45) is 0 Å². The first-order valence-electron chi connectivity index (χ1n) is 6.84. The van der Waals surface area contributed by atoms with Gasteiger partial charge in [0.15, 0.2) is 5.78 Å². The molecule has 0 bridgehead atoms. The number of aliphatic hydroxyl groups excluding tert-OH is 2. The molecule has 2 aromatic carbocycles. The quantitative estimate of drug-likeness (QED) is 0.712. The molecule has 0 aromatic heterocycles. The number of ketones is 1. The van der Waals surface area contributed by atoms with Gasteiger partial charge in [-0.1, -0.05) is 30.3 Å². The maximum Gasteiger partial charge on any atom is 0.159 e. The molecule has 4 nitrogen and oxygen atoms in total. The van der Waals surface area contributed by atoms with Crippen molar-refractivity contribution in [2.75, 3.05) is 18.5 Å². The van der Waals surface area contributed by atoms with Gasteiger partial charge in [-0.2, -0.15) is 0 Å². The Morgan fingerprint density at radius 2 is 1.86 bits per heavy atom. The van der Waals surface area contributed by atoms with E-state index in [1.807, 2.05) is 42.5 Å². The lowest BCUT2D eigenvalue weighted by Crippen LogP contribution is -2.22. The van der Waals surface area contributed by atoms with Crippen LogP contribution in [0.1, 0.15) is 17.3 Å². The highest BCUT2D eigenvalue weighted by atomic mass is 16.3. The van der Waals surface area contributed by atoms with Gasteiger partial charge in [-0.15, -0.1) is 0 Å². The standard InChI is InChI=1S/C17H19NO3/c1-12(20)14-3-2-4-15(9-14)13-5-7-16(8-6-13)18-10-17(21)11-19/h2-9,17-19,21H,10-11H2,1H3. The topological polar surface area (TPSA) is 69.6 Å². The Kier molecular flexibility index (Phi) is 5.09. The van der Waals surface area contributed by atoms with Crippen LogP contribution in [-0.4, -0.2) is 35.3 Å². The summed E-state index contributed by atoms with van der Waals surface area (Å²) >= 11 is 0. The van der Waals surface area contributed by atoms with Crippen molar-refractivity contribution in [3.8, 4) is 11.1 Å². The van der Waals surface area contributed by atoms with Crippen LogP contribution in [0, 0.1) is 0 Å². The summed E-state index contributed by atoms with van der Waals surface area (Å²) in [7, 11) is 0. The summed E-state index contributed by atoms with van der Waals surface area (Å²) < 4.78 is 0. The molecule has 0 heterocycles. The van der Waals surface area contributed by atoms with Crippen molar-refractivity contribution >= 4 is 11.5 Å². The van der Waals surface area contributed by atoms with Crippen molar-refractivity contribution in [1.82, 2.24) is 0 Å². The molecule has 0 aliphatic rings. The van der Waals surface area contributed by atoms with E-state index in [1.54, 1.807) is 13.0 Å². The van der Waals surface area contributed by atoms with E-state index in [0.717, 1.165) is 16.8 Å². The van der Waals surface area contributed by atoms with E-state index in [2.05, 4.69) is 5.32 Å². The highest BCUT2D eigenvalue weighted by Gasteiger charge is 2.04. The van der Waals surface area contributed by atoms with Crippen LogP contribution in [0.4, 0.5) is 5.69 Å². The minimum atomic E-state index is -0.767. The number of benzene rings is 2. The van der Waals surface area contributed by atoms with Gasteiger partial charge < -0.3 is 15.5 Å². The predicted molar refractivity (Wildman–Crippen MR) is 83.5 cm³/mol. The van der Waals surface area contributed by atoms with E-state index < -0.39 is 6.10 Å². The molecule has 0 saturated carbocycles. The number of Topliss-reactive ketones (excluding diaryl/α,β-unsaturated/α-hetero) is 1. The Labute approximate surface area is 124 Å². The van der Waals surface area contributed by atoms with Gasteiger partial charge in [0.25, 0.3) is 0 Å². The van der Waals surface area contributed by atoms with Gasteiger partial charge in [0.05, 0.1) is 12.7 Å². The molecule has 1 unspecified atom stereocenters. The van der Waals surface area contributed by atoms with Crippen LogP contribution >= 0.6 is 0 Å². The molecule has 2 aromatic rings. The molecule has 2 rings (SSSR count). The Bertz CT molecular complexity index is 608. The molecule has 0 fully saturated rings. The molecule has 0 radical (unpaired) electrons. The molecule has 3 N–H and O–H groups in total. The molecule has 1 atom stereocenters. The smallest absolute Gasteiger partial charge is 0.159 e. The van der Waals surface area contributed by atoms with Gasteiger partial charge >= 0.3 is 0 Å². The van der Waals surface area contributed by atoms with Crippen LogP contribution in [-0.2, 0) is 0 Å². The lowest BCUT2D eigenvalue weighted by Gasteiger charge is -2.11. The van der Waals surface area contributed by atoms with E-state index in [0.29, 0.717) is 12.1 Å². The van der Waals surface area contributed by atoms with Crippen LogP contribution in [0.15, 0.2) is 48.5 Å². The average Bonchev–Trinajstić information content (AvgIpc) is 2.53. The Hall–Kier alpha value is -2.17. The van der Waals surface area contributed by atoms with E-state index >= 15 is 0 Å². The van der Waals surface area contributed by atoms with Crippen molar-refractivity contribution in [2.45, 2.75) is 13.0 Å². The van der Waals surface area contributed by atoms with Crippen molar-refractivity contribution in [3.05, 3.63) is 54.1 Å². The van der Waals surface area contributed by atoms with Crippen LogP contribution in [0.25, 0.3) is 11.1 Å². The maximum absolute atomic E-state index is 11.4. The molecule has 21 heavy (non-hydrogen) atoms. The van der Waals surface area contributed by atoms with Crippen LogP contribution in [0.2, 0.25) is 0 Å². The summed E-state index contributed by atoms with van der Waals surface area (Å²) in [6.07, 6.45) is -0.767. The van der Waals surface area contributed by atoms with E-state index in [-0.39, 0.29) is 12.4 Å². The number of hydrogen-bond donors (Lipinski definition) is 3. The van der Waals surface area contributed by atoms with Gasteiger partial charge in [-0.3, -0.25) is 4.79 Å². The fourth-order valence-corrected chi connectivity index (χ4v) is 2.00.